The number of aromatic nitrogens is 2. The molecule has 1 aliphatic heterocycles. The van der Waals surface area contributed by atoms with Crippen LogP contribution < -0.4 is 10.6 Å². The summed E-state index contributed by atoms with van der Waals surface area (Å²) >= 11 is 0. The van der Waals surface area contributed by atoms with Crippen molar-refractivity contribution in [3.8, 4) is 0 Å². The predicted molar refractivity (Wildman–Crippen MR) is 143 cm³/mol. The number of H-pyrrole nitrogens is 1. The topological polar surface area (TPSA) is 93.4 Å². The van der Waals surface area contributed by atoms with Crippen LogP contribution in [0.2, 0.25) is 0 Å². The number of carbonyl (C=O) groups is 2. The number of anilines is 2. The van der Waals surface area contributed by atoms with E-state index in [-0.39, 0.29) is 38.2 Å². The minimum absolute atomic E-state index is 0.00983. The molecule has 3 aromatic carbocycles. The van der Waals surface area contributed by atoms with E-state index in [1.54, 1.807) is 12.1 Å². The Kier molecular flexibility index (Phi) is 7.71. The van der Waals surface area contributed by atoms with Gasteiger partial charge in [0.2, 0.25) is 0 Å². The average molecular weight is 591 g/mol. The van der Waals surface area contributed by atoms with Crippen LogP contribution in [0, 0.1) is 0 Å². The Morgan fingerprint density at radius 3 is 2.02 bits per heavy atom. The van der Waals surface area contributed by atoms with E-state index in [0.717, 1.165) is 16.5 Å². The van der Waals surface area contributed by atoms with Crippen molar-refractivity contribution in [2.75, 3.05) is 36.8 Å². The molecule has 3 N–H and O–H groups in total. The van der Waals surface area contributed by atoms with E-state index in [4.69, 9.17) is 0 Å². The summed E-state index contributed by atoms with van der Waals surface area (Å²) in [6.07, 6.45) is -10.1. The fraction of sp³-hybridized carbons (Fsp3) is 0.250. The van der Waals surface area contributed by atoms with Gasteiger partial charge in [-0.15, -0.1) is 0 Å². The summed E-state index contributed by atoms with van der Waals surface area (Å²) in [7, 11) is 0. The number of nitrogens with one attached hydrogen (secondary N) is 3. The molecule has 8 nitrogen and oxygen atoms in total. The molecule has 5 rings (SSSR count). The smallest absolute Gasteiger partial charge is 0.364 e. The van der Waals surface area contributed by atoms with Gasteiger partial charge in [-0.05, 0) is 48.0 Å². The summed E-state index contributed by atoms with van der Waals surface area (Å²) in [6, 6.07) is 14.7. The van der Waals surface area contributed by atoms with Crippen molar-refractivity contribution in [3.63, 3.8) is 0 Å². The van der Waals surface area contributed by atoms with Crippen LogP contribution in [0.3, 0.4) is 0 Å². The minimum atomic E-state index is -5.03. The Hall–Kier alpha value is -4.75. The molecule has 3 amide bonds. The van der Waals surface area contributed by atoms with Gasteiger partial charge >= 0.3 is 18.4 Å². The Morgan fingerprint density at radius 2 is 1.40 bits per heavy atom. The van der Waals surface area contributed by atoms with Crippen molar-refractivity contribution in [2.45, 2.75) is 18.9 Å². The molecule has 2 heterocycles. The summed E-state index contributed by atoms with van der Waals surface area (Å²) in [4.78, 5) is 28.4. The molecular weight excluding hydrogens is 566 g/mol. The number of carbonyl (C=O) groups excluding carboxylic acids is 2. The molecule has 4 aromatic rings. The Balaban J connectivity index is 1.15. The van der Waals surface area contributed by atoms with E-state index in [1.807, 2.05) is 36.4 Å². The molecule has 0 radical (unpaired) electrons. The van der Waals surface area contributed by atoms with Gasteiger partial charge in [-0.2, -0.15) is 31.4 Å². The zero-order valence-corrected chi connectivity index (χ0v) is 21.8. The van der Waals surface area contributed by atoms with Crippen LogP contribution in [-0.2, 0) is 18.9 Å². The van der Waals surface area contributed by atoms with Crippen LogP contribution in [-0.4, -0.2) is 58.1 Å². The zero-order chi connectivity index (χ0) is 30.1. The standard InChI is InChI=1S/C28H24F6N6O2/c29-27(30,31)19-13-20(28(32,33)34)15-21(14-19)36-26(42)40-11-9-39(10-12-40)25(41)18-7-5-17(6-8-18)16-35-24-22-3-1-2-4-23(22)37-38-24/h1-8,13-15H,9-12,16H2,(H,36,42)(H2,35,37,38). The number of rotatable bonds is 5. The summed E-state index contributed by atoms with van der Waals surface area (Å²) in [5, 5.41) is 13.6. The van der Waals surface area contributed by atoms with E-state index >= 15 is 0 Å². The van der Waals surface area contributed by atoms with E-state index < -0.39 is 35.2 Å². The quantitative estimate of drug-likeness (QED) is 0.241. The Labute approximate surface area is 235 Å². The van der Waals surface area contributed by atoms with E-state index in [0.29, 0.717) is 30.1 Å². The highest BCUT2D eigenvalue weighted by molar-refractivity contribution is 5.95. The number of aromatic amines is 1. The van der Waals surface area contributed by atoms with Gasteiger partial charge in [0.15, 0.2) is 5.82 Å². The van der Waals surface area contributed by atoms with E-state index in [1.165, 1.54) is 9.80 Å². The van der Waals surface area contributed by atoms with Gasteiger partial charge in [0.25, 0.3) is 5.91 Å². The number of amides is 3. The molecule has 42 heavy (non-hydrogen) atoms. The lowest BCUT2D eigenvalue weighted by Gasteiger charge is -2.34. The van der Waals surface area contributed by atoms with Crippen LogP contribution in [0.25, 0.3) is 10.9 Å². The van der Waals surface area contributed by atoms with Crippen LogP contribution in [0.1, 0.15) is 27.0 Å². The Bertz CT molecular complexity index is 1560. The number of para-hydroxylation sites is 1. The van der Waals surface area contributed by atoms with E-state index in [9.17, 15) is 35.9 Å². The maximum absolute atomic E-state index is 13.1. The van der Waals surface area contributed by atoms with Crippen molar-refractivity contribution >= 4 is 34.3 Å². The minimum Gasteiger partial charge on any atom is -0.364 e. The number of benzene rings is 3. The zero-order valence-electron chi connectivity index (χ0n) is 21.8. The van der Waals surface area contributed by atoms with Crippen LogP contribution >= 0.6 is 0 Å². The second-order valence-corrected chi connectivity index (χ2v) is 9.67. The number of piperazine rings is 1. The van der Waals surface area contributed by atoms with Gasteiger partial charge in [-0.3, -0.25) is 9.89 Å². The van der Waals surface area contributed by atoms with E-state index in [2.05, 4.69) is 20.8 Å². The first-order valence-electron chi connectivity index (χ1n) is 12.8. The average Bonchev–Trinajstić information content (AvgIpc) is 3.38. The summed E-state index contributed by atoms with van der Waals surface area (Å²) < 4.78 is 78.7. The molecule has 220 valence electrons. The van der Waals surface area contributed by atoms with Crippen molar-refractivity contribution < 1.29 is 35.9 Å². The molecule has 0 saturated carbocycles. The van der Waals surface area contributed by atoms with Gasteiger partial charge < -0.3 is 20.4 Å². The van der Waals surface area contributed by atoms with Crippen LogP contribution in [0.4, 0.5) is 42.6 Å². The summed E-state index contributed by atoms with van der Waals surface area (Å²) in [5.74, 6) is 0.446. The molecule has 0 aliphatic carbocycles. The largest absolute Gasteiger partial charge is 0.416 e. The molecule has 1 saturated heterocycles. The molecule has 1 aromatic heterocycles. The molecule has 0 unspecified atom stereocenters. The molecule has 0 spiro atoms. The lowest BCUT2D eigenvalue weighted by Crippen LogP contribution is -2.51. The molecular formula is C28H24F6N6O2. The number of fused-ring (bicyclic) bond motifs is 1. The number of alkyl halides is 6. The highest BCUT2D eigenvalue weighted by Gasteiger charge is 2.37. The van der Waals surface area contributed by atoms with Crippen molar-refractivity contribution in [1.82, 2.24) is 20.0 Å². The maximum atomic E-state index is 13.1. The highest BCUT2D eigenvalue weighted by Crippen LogP contribution is 2.37. The third-order valence-corrected chi connectivity index (χ3v) is 6.82. The molecule has 1 fully saturated rings. The first-order chi connectivity index (χ1) is 19.9. The molecule has 1 aliphatic rings. The monoisotopic (exact) mass is 590 g/mol. The first kappa shape index (κ1) is 28.8. The highest BCUT2D eigenvalue weighted by atomic mass is 19.4. The third-order valence-electron chi connectivity index (χ3n) is 6.82. The molecule has 0 atom stereocenters. The lowest BCUT2D eigenvalue weighted by atomic mass is 10.1. The fourth-order valence-electron chi connectivity index (χ4n) is 4.57. The summed E-state index contributed by atoms with van der Waals surface area (Å²) in [6.45, 7) is 0.842. The fourth-order valence-corrected chi connectivity index (χ4v) is 4.57. The van der Waals surface area contributed by atoms with Gasteiger partial charge in [0.05, 0.1) is 16.6 Å². The van der Waals surface area contributed by atoms with Crippen LogP contribution in [0.5, 0.6) is 0 Å². The molecule has 0 bridgehead atoms. The van der Waals surface area contributed by atoms with Crippen LogP contribution in [0.15, 0.2) is 66.7 Å². The number of urea groups is 1. The normalized spacial score (nSPS) is 14.2. The molecule has 14 heteroatoms. The van der Waals surface area contributed by atoms with Crippen molar-refractivity contribution in [1.29, 1.82) is 0 Å². The maximum Gasteiger partial charge on any atom is 0.416 e. The van der Waals surface area contributed by atoms with Gasteiger partial charge in [-0.1, -0.05) is 24.3 Å². The summed E-state index contributed by atoms with van der Waals surface area (Å²) in [5.41, 5.74) is -1.42. The second kappa shape index (κ2) is 11.3. The first-order valence-corrected chi connectivity index (χ1v) is 12.8. The van der Waals surface area contributed by atoms with Crippen molar-refractivity contribution in [2.24, 2.45) is 0 Å². The number of hydrogen-bond acceptors (Lipinski definition) is 4. The third kappa shape index (κ3) is 6.42. The number of halogens is 6. The number of hydrogen-bond donors (Lipinski definition) is 3. The SMILES string of the molecule is O=C(Nc1cc(C(F)(F)F)cc(C(F)(F)F)c1)N1CCN(C(=O)c2ccc(CNc3n[nH]c4ccccc34)cc2)CC1. The van der Waals surface area contributed by atoms with Gasteiger partial charge in [0, 0.05) is 49.4 Å². The van der Waals surface area contributed by atoms with Gasteiger partial charge in [-0.25, -0.2) is 4.79 Å². The predicted octanol–water partition coefficient (Wildman–Crippen LogP) is 6.20. The second-order valence-electron chi connectivity index (χ2n) is 9.67. The Morgan fingerprint density at radius 1 is 0.810 bits per heavy atom. The number of nitrogens with zero attached hydrogens (tertiary/aromatic N) is 3. The van der Waals surface area contributed by atoms with Crippen molar-refractivity contribution in [3.05, 3.63) is 89.0 Å². The van der Waals surface area contributed by atoms with Gasteiger partial charge in [0.1, 0.15) is 0 Å². The lowest BCUT2D eigenvalue weighted by molar-refractivity contribution is -0.143.